The van der Waals surface area contributed by atoms with Gasteiger partial charge in [0.2, 0.25) is 17.8 Å². The topological polar surface area (TPSA) is 239 Å². The van der Waals surface area contributed by atoms with Gasteiger partial charge in [-0.1, -0.05) is 60.2 Å². The van der Waals surface area contributed by atoms with Gasteiger partial charge in [-0.2, -0.15) is 4.98 Å². The Balaban J connectivity index is 0.00000243. The monoisotopic (exact) mass is 1030 g/mol. The Morgan fingerprint density at radius 2 is 1.37 bits per heavy atom. The number of hydrogen-bond donors (Lipinski definition) is 5. The molecule has 1 saturated carbocycles. The standard InChI is InChI=1S/C54H67N9O9.CH2O2/c1-37-5-7-38(8-6-37)33-56-54-57-34-44-45(36-62(50(44)59-54)41-13-15-42(64)16-14-41)40-11-9-39(10-12-40)35-61-22-20-60(21-23-61)24-26-70-28-30-72-32-31-71-29-27-69-25-19-55-46-4-2-3-43-49(46)53(68)63(52(43)67)47-17-18-48(65)58-51(47)66;2-1-3/h2-12,34,36,41-42,47,55,64H,13-33,35H2,1H3,(H,56,57,59)(H,58,65,66);1H,(H,2,3)/t41-,42-,47?;. The lowest BCUT2D eigenvalue weighted by molar-refractivity contribution is -0.136. The molecule has 400 valence electrons. The molecule has 20 nitrogen and oxygen atoms in total. The zero-order chi connectivity index (χ0) is 52.5. The highest BCUT2D eigenvalue weighted by Gasteiger charge is 2.45. The molecule has 75 heavy (non-hydrogen) atoms. The Morgan fingerprint density at radius 3 is 2.05 bits per heavy atom. The molecule has 4 aliphatic rings. The van der Waals surface area contributed by atoms with Gasteiger partial charge in [0, 0.05) is 93.9 Å². The van der Waals surface area contributed by atoms with Gasteiger partial charge < -0.3 is 44.4 Å². The lowest BCUT2D eigenvalue weighted by Crippen LogP contribution is -2.54. The van der Waals surface area contributed by atoms with Crippen LogP contribution in [0.1, 0.15) is 82.0 Å². The number of anilines is 2. The molecule has 5 heterocycles. The molecule has 0 bridgehead atoms. The number of hydrogen-bond acceptors (Lipinski definition) is 16. The van der Waals surface area contributed by atoms with Crippen LogP contribution < -0.4 is 16.0 Å². The molecule has 20 heteroatoms. The Hall–Kier alpha value is -6.65. The quantitative estimate of drug-likeness (QED) is 0.0314. The van der Waals surface area contributed by atoms with Gasteiger partial charge in [0.1, 0.15) is 11.7 Å². The van der Waals surface area contributed by atoms with E-state index in [1.165, 1.54) is 16.7 Å². The Morgan fingerprint density at radius 1 is 0.733 bits per heavy atom. The number of aryl methyl sites for hydroxylation is 1. The molecule has 0 spiro atoms. The largest absolute Gasteiger partial charge is 0.483 e. The van der Waals surface area contributed by atoms with Gasteiger partial charge in [-0.25, -0.2) is 4.98 Å². The maximum absolute atomic E-state index is 13.3. The van der Waals surface area contributed by atoms with Gasteiger partial charge >= 0.3 is 0 Å². The minimum atomic E-state index is -1.01. The van der Waals surface area contributed by atoms with Crippen molar-refractivity contribution in [1.29, 1.82) is 0 Å². The molecule has 5 N–H and O–H groups in total. The van der Waals surface area contributed by atoms with Crippen LogP contribution in [-0.2, 0) is 46.4 Å². The predicted molar refractivity (Wildman–Crippen MR) is 280 cm³/mol. The molecule has 9 rings (SSSR count). The van der Waals surface area contributed by atoms with Crippen molar-refractivity contribution in [3.8, 4) is 11.1 Å². The number of piperidine rings is 1. The van der Waals surface area contributed by atoms with Crippen LogP contribution in [0, 0.1) is 6.92 Å². The Bertz CT molecular complexity index is 2700. The second kappa shape index (κ2) is 27.2. The van der Waals surface area contributed by atoms with E-state index >= 15 is 0 Å². The third-order valence-corrected chi connectivity index (χ3v) is 14.0. The number of carboxylic acid groups (broad SMARTS) is 1. The van der Waals surface area contributed by atoms with Crippen molar-refractivity contribution in [2.45, 2.75) is 76.7 Å². The van der Waals surface area contributed by atoms with Gasteiger partial charge in [-0.3, -0.25) is 44.0 Å². The molecule has 1 aliphatic carbocycles. The number of piperazine rings is 1. The lowest BCUT2D eigenvalue weighted by atomic mass is 9.93. The summed E-state index contributed by atoms with van der Waals surface area (Å²) < 4.78 is 25.2. The number of aromatic nitrogens is 3. The second-order valence-electron chi connectivity index (χ2n) is 19.2. The molecule has 4 amide bonds. The van der Waals surface area contributed by atoms with E-state index in [-0.39, 0.29) is 42.6 Å². The normalized spacial score (nSPS) is 19.2. The number of aliphatic hydroxyl groups is 1. The number of carbonyl (C=O) groups is 5. The van der Waals surface area contributed by atoms with Crippen LogP contribution in [0.4, 0.5) is 11.6 Å². The maximum Gasteiger partial charge on any atom is 0.290 e. The highest BCUT2D eigenvalue weighted by Crippen LogP contribution is 2.37. The number of amides is 4. The first-order valence-corrected chi connectivity index (χ1v) is 26.0. The summed E-state index contributed by atoms with van der Waals surface area (Å²) in [6.07, 6.45) is 7.60. The minimum Gasteiger partial charge on any atom is -0.483 e. The van der Waals surface area contributed by atoms with E-state index in [9.17, 15) is 24.3 Å². The average molecular weight is 1030 g/mol. The van der Waals surface area contributed by atoms with Crippen molar-refractivity contribution in [1.82, 2.24) is 34.6 Å². The first-order valence-electron chi connectivity index (χ1n) is 26.0. The number of benzene rings is 3. The van der Waals surface area contributed by atoms with Crippen molar-refractivity contribution in [2.75, 3.05) is 103 Å². The fourth-order valence-electron chi connectivity index (χ4n) is 9.94. The smallest absolute Gasteiger partial charge is 0.290 e. The SMILES string of the molecule is Cc1ccc(CNc2ncc3c(-c4ccc(CN5CCN(CCOCCOCCOCCOCCNc6cccc7c6C(=O)N(C6CCC(=O)NC6=O)C7=O)CC5)cc4)cn([C@H]4CC[C@H](O)CC4)c3n2)cc1.O=CO. The third-order valence-electron chi connectivity index (χ3n) is 14.0. The average Bonchev–Trinajstić information content (AvgIpc) is 3.93. The molecule has 3 fully saturated rings. The second-order valence-corrected chi connectivity index (χ2v) is 19.2. The van der Waals surface area contributed by atoms with E-state index < -0.39 is 29.7 Å². The summed E-state index contributed by atoms with van der Waals surface area (Å²) in [6, 6.07) is 21.7. The number of carbonyl (C=O) groups excluding carboxylic acids is 4. The molecule has 0 radical (unpaired) electrons. The molecule has 1 unspecified atom stereocenters. The van der Waals surface area contributed by atoms with E-state index in [2.05, 4.69) is 92.0 Å². The van der Waals surface area contributed by atoms with Gasteiger partial charge in [0.25, 0.3) is 18.3 Å². The number of nitrogens with one attached hydrogen (secondary N) is 3. The third kappa shape index (κ3) is 14.6. The van der Waals surface area contributed by atoms with Crippen LogP contribution >= 0.6 is 0 Å². The first-order chi connectivity index (χ1) is 36.6. The summed E-state index contributed by atoms with van der Waals surface area (Å²) in [5, 5.41) is 27.0. The van der Waals surface area contributed by atoms with E-state index in [4.69, 9.17) is 38.8 Å². The molecule has 3 aromatic carbocycles. The molecule has 1 atom stereocenters. The highest BCUT2D eigenvalue weighted by atomic mass is 16.6. The van der Waals surface area contributed by atoms with E-state index in [1.54, 1.807) is 18.2 Å². The van der Waals surface area contributed by atoms with Crippen molar-refractivity contribution in [2.24, 2.45) is 0 Å². The van der Waals surface area contributed by atoms with Crippen LogP contribution in [0.3, 0.4) is 0 Å². The number of fused-ring (bicyclic) bond motifs is 2. The fraction of sp³-hybridized carbons (Fsp3) is 0.473. The van der Waals surface area contributed by atoms with Crippen molar-refractivity contribution >= 4 is 52.8 Å². The molecular weight excluding hydrogens is 963 g/mol. The minimum absolute atomic E-state index is 0.0674. The van der Waals surface area contributed by atoms with Crippen LogP contribution in [0.2, 0.25) is 0 Å². The van der Waals surface area contributed by atoms with Crippen LogP contribution in [0.5, 0.6) is 0 Å². The summed E-state index contributed by atoms with van der Waals surface area (Å²) >= 11 is 0. The van der Waals surface area contributed by atoms with Crippen molar-refractivity contribution in [3.05, 3.63) is 107 Å². The lowest BCUT2D eigenvalue weighted by Gasteiger charge is -2.34. The number of aliphatic hydroxyl groups excluding tert-OH is 1. The number of rotatable bonds is 24. The van der Waals surface area contributed by atoms with Gasteiger partial charge in [0.05, 0.1) is 70.1 Å². The molecule has 2 saturated heterocycles. The van der Waals surface area contributed by atoms with Crippen LogP contribution in [0.25, 0.3) is 22.2 Å². The number of nitrogens with zero attached hydrogens (tertiary/aromatic N) is 6. The summed E-state index contributed by atoms with van der Waals surface area (Å²) in [5.74, 6) is -1.53. The molecule has 2 aromatic heterocycles. The zero-order valence-corrected chi connectivity index (χ0v) is 42.6. The van der Waals surface area contributed by atoms with Crippen LogP contribution in [0.15, 0.2) is 79.1 Å². The fourth-order valence-corrected chi connectivity index (χ4v) is 9.94. The molecule has 3 aliphatic heterocycles. The first kappa shape index (κ1) is 54.6. The summed E-state index contributed by atoms with van der Waals surface area (Å²) in [6.45, 7) is 12.4. The highest BCUT2D eigenvalue weighted by molar-refractivity contribution is 6.25. The summed E-state index contributed by atoms with van der Waals surface area (Å²) in [4.78, 5) is 74.4. The number of imide groups is 2. The maximum atomic E-state index is 13.3. The predicted octanol–water partition coefficient (Wildman–Crippen LogP) is 4.89. The molecular formula is C55H69N9O11. The zero-order valence-electron chi connectivity index (χ0n) is 42.6. The Kier molecular flexibility index (Phi) is 19.8. The summed E-state index contributed by atoms with van der Waals surface area (Å²) in [5.41, 5.74) is 7.85. The van der Waals surface area contributed by atoms with Crippen molar-refractivity contribution in [3.63, 3.8) is 0 Å². The van der Waals surface area contributed by atoms with Gasteiger partial charge in [-0.05, 0) is 67.9 Å². The Labute approximate surface area is 436 Å². The van der Waals surface area contributed by atoms with E-state index in [0.717, 1.165) is 92.0 Å². The van der Waals surface area contributed by atoms with Crippen LogP contribution in [-0.4, -0.2) is 174 Å². The number of ether oxygens (including phenoxy) is 4. The summed E-state index contributed by atoms with van der Waals surface area (Å²) in [7, 11) is 0. The van der Waals surface area contributed by atoms with Crippen molar-refractivity contribution < 1.29 is 53.1 Å². The van der Waals surface area contributed by atoms with E-state index in [0.29, 0.717) is 77.6 Å². The van der Waals surface area contributed by atoms with Gasteiger partial charge in [-0.15, -0.1) is 0 Å². The molecule has 5 aromatic rings. The van der Waals surface area contributed by atoms with Gasteiger partial charge in [0.15, 0.2) is 0 Å². The van der Waals surface area contributed by atoms with E-state index in [1.807, 2.05) is 6.20 Å².